The average Bonchev–Trinajstić information content (AvgIpc) is 3.32. The second kappa shape index (κ2) is 8.88. The molecule has 0 aliphatic rings. The summed E-state index contributed by atoms with van der Waals surface area (Å²) in [6.07, 6.45) is 0.446. The largest absolute Gasteiger partial charge is 0.347 e. The lowest BCUT2D eigenvalue weighted by Gasteiger charge is -2.12. The smallest absolute Gasteiger partial charge is 0.313 e. The summed E-state index contributed by atoms with van der Waals surface area (Å²) in [5.74, 6) is -1.49. The van der Waals surface area contributed by atoms with Gasteiger partial charge in [-0.2, -0.15) is 4.98 Å². The summed E-state index contributed by atoms with van der Waals surface area (Å²) >= 11 is 1.38. The number of nitrogens with zero attached hydrogens (tertiary/aromatic N) is 3. The van der Waals surface area contributed by atoms with Gasteiger partial charge in [0.25, 0.3) is 0 Å². The van der Waals surface area contributed by atoms with Crippen molar-refractivity contribution in [3.8, 4) is 11.4 Å². The van der Waals surface area contributed by atoms with Gasteiger partial charge in [-0.1, -0.05) is 29.8 Å². The van der Waals surface area contributed by atoms with Crippen molar-refractivity contribution >= 4 is 33.8 Å². The van der Waals surface area contributed by atoms with Crippen LogP contribution in [0.1, 0.15) is 22.4 Å². The topological polar surface area (TPSA) is 88.4 Å². The SMILES string of the molecule is Cc1cc(C)c(NC(=O)C(=O)NCCc2csc3nc(-c4ccccc4F)nn23)c(C)c1. The summed E-state index contributed by atoms with van der Waals surface area (Å²) in [6.45, 7) is 6.01. The minimum atomic E-state index is -0.710. The van der Waals surface area contributed by atoms with Crippen LogP contribution in [0.4, 0.5) is 10.1 Å². The third-order valence-corrected chi connectivity index (χ3v) is 5.92. The Bertz CT molecular complexity index is 1300. The highest BCUT2D eigenvalue weighted by atomic mass is 32.1. The standard InChI is InChI=1S/C23H22FN5O2S/c1-13-10-14(2)19(15(3)11-13)26-22(31)21(30)25-9-8-16-12-32-23-27-20(28-29(16)23)17-6-4-5-7-18(17)24/h4-7,10-12H,8-9H2,1-3H3,(H,25,30)(H,26,31). The van der Waals surface area contributed by atoms with Crippen molar-refractivity contribution in [2.75, 3.05) is 11.9 Å². The van der Waals surface area contributed by atoms with E-state index in [9.17, 15) is 14.0 Å². The number of aromatic nitrogens is 3. The molecule has 0 unspecified atom stereocenters. The Morgan fingerprint density at radius 3 is 2.53 bits per heavy atom. The quantitative estimate of drug-likeness (QED) is 0.452. The van der Waals surface area contributed by atoms with Crippen LogP contribution in [0.15, 0.2) is 41.8 Å². The maximum atomic E-state index is 14.0. The second-order valence-corrected chi connectivity index (χ2v) is 8.41. The molecule has 0 atom stereocenters. The van der Waals surface area contributed by atoms with E-state index in [1.165, 1.54) is 17.4 Å². The van der Waals surface area contributed by atoms with E-state index in [2.05, 4.69) is 20.7 Å². The number of benzene rings is 2. The average molecular weight is 452 g/mol. The van der Waals surface area contributed by atoms with Gasteiger partial charge in [0.15, 0.2) is 5.82 Å². The van der Waals surface area contributed by atoms with Crippen molar-refractivity contribution in [1.82, 2.24) is 19.9 Å². The first-order valence-corrected chi connectivity index (χ1v) is 11.0. The molecule has 2 amide bonds. The normalized spacial score (nSPS) is 11.0. The highest BCUT2D eigenvalue weighted by Crippen LogP contribution is 2.23. The molecule has 164 valence electrons. The number of rotatable bonds is 5. The number of anilines is 1. The molecule has 0 bridgehead atoms. The molecular weight excluding hydrogens is 429 g/mol. The Balaban J connectivity index is 1.38. The van der Waals surface area contributed by atoms with Crippen molar-refractivity contribution in [1.29, 1.82) is 0 Å². The highest BCUT2D eigenvalue weighted by Gasteiger charge is 2.17. The summed E-state index contributed by atoms with van der Waals surface area (Å²) in [4.78, 5) is 29.6. The number of amides is 2. The molecule has 0 fully saturated rings. The third-order valence-electron chi connectivity index (χ3n) is 5.05. The monoisotopic (exact) mass is 451 g/mol. The summed E-state index contributed by atoms with van der Waals surface area (Å²) in [6, 6.07) is 10.2. The minimum absolute atomic E-state index is 0.249. The molecular formula is C23H22FN5O2S. The molecule has 2 heterocycles. The van der Waals surface area contributed by atoms with E-state index >= 15 is 0 Å². The van der Waals surface area contributed by atoms with E-state index in [-0.39, 0.29) is 12.4 Å². The fourth-order valence-electron chi connectivity index (χ4n) is 3.59. The molecule has 0 spiro atoms. The molecule has 2 aromatic carbocycles. The molecule has 0 saturated heterocycles. The van der Waals surface area contributed by atoms with Crippen LogP contribution in [0.25, 0.3) is 16.3 Å². The van der Waals surface area contributed by atoms with Crippen molar-refractivity contribution in [2.24, 2.45) is 0 Å². The van der Waals surface area contributed by atoms with E-state index in [4.69, 9.17) is 0 Å². The van der Waals surface area contributed by atoms with Gasteiger partial charge in [-0.3, -0.25) is 9.59 Å². The molecule has 0 saturated carbocycles. The fraction of sp³-hybridized carbons (Fsp3) is 0.217. The predicted molar refractivity (Wildman–Crippen MR) is 122 cm³/mol. The zero-order chi connectivity index (χ0) is 22.8. The van der Waals surface area contributed by atoms with Gasteiger partial charge in [0.2, 0.25) is 4.96 Å². The zero-order valence-corrected chi connectivity index (χ0v) is 18.7. The number of aryl methyl sites for hydroxylation is 3. The number of fused-ring (bicyclic) bond motifs is 1. The molecule has 7 nitrogen and oxygen atoms in total. The lowest BCUT2D eigenvalue weighted by Crippen LogP contribution is -2.36. The molecule has 9 heteroatoms. The van der Waals surface area contributed by atoms with Crippen molar-refractivity contribution in [3.63, 3.8) is 0 Å². The molecule has 0 aliphatic carbocycles. The first-order valence-electron chi connectivity index (χ1n) is 10.1. The first kappa shape index (κ1) is 21.6. The maximum absolute atomic E-state index is 14.0. The Kier molecular flexibility index (Phi) is 6.00. The summed E-state index contributed by atoms with van der Waals surface area (Å²) in [7, 11) is 0. The van der Waals surface area contributed by atoms with Crippen molar-refractivity contribution in [2.45, 2.75) is 27.2 Å². The molecule has 2 aromatic heterocycles. The molecule has 4 aromatic rings. The van der Waals surface area contributed by atoms with Gasteiger partial charge in [0.05, 0.1) is 11.3 Å². The van der Waals surface area contributed by atoms with Crippen LogP contribution in [-0.2, 0) is 16.0 Å². The van der Waals surface area contributed by atoms with Gasteiger partial charge < -0.3 is 10.6 Å². The van der Waals surface area contributed by atoms with E-state index in [0.29, 0.717) is 28.5 Å². The predicted octanol–water partition coefficient (Wildman–Crippen LogP) is 3.82. The van der Waals surface area contributed by atoms with Crippen LogP contribution in [0, 0.1) is 26.6 Å². The van der Waals surface area contributed by atoms with E-state index in [0.717, 1.165) is 22.4 Å². The molecule has 2 N–H and O–H groups in total. The Labute approximate surface area is 188 Å². The van der Waals surface area contributed by atoms with Crippen LogP contribution in [0.3, 0.4) is 0 Å². The van der Waals surface area contributed by atoms with Gasteiger partial charge in [0, 0.05) is 24.0 Å². The summed E-state index contributed by atoms with van der Waals surface area (Å²) < 4.78 is 15.7. The van der Waals surface area contributed by atoms with Crippen molar-refractivity contribution in [3.05, 3.63) is 70.0 Å². The lowest BCUT2D eigenvalue weighted by molar-refractivity contribution is -0.136. The zero-order valence-electron chi connectivity index (χ0n) is 17.9. The minimum Gasteiger partial charge on any atom is -0.347 e. The number of hydrogen-bond donors (Lipinski definition) is 2. The number of halogens is 1. The molecule has 32 heavy (non-hydrogen) atoms. The van der Waals surface area contributed by atoms with E-state index in [1.54, 1.807) is 22.7 Å². The molecule has 0 aliphatic heterocycles. The van der Waals surface area contributed by atoms with Crippen LogP contribution in [0.2, 0.25) is 0 Å². The van der Waals surface area contributed by atoms with Crippen molar-refractivity contribution < 1.29 is 14.0 Å². The molecule has 4 rings (SSSR count). The van der Waals surface area contributed by atoms with Gasteiger partial charge >= 0.3 is 11.8 Å². The third kappa shape index (κ3) is 4.38. The van der Waals surface area contributed by atoms with Gasteiger partial charge in [-0.15, -0.1) is 16.4 Å². The fourth-order valence-corrected chi connectivity index (χ4v) is 4.44. The number of nitrogens with one attached hydrogen (secondary N) is 2. The van der Waals surface area contributed by atoms with Gasteiger partial charge in [-0.05, 0) is 44.0 Å². The lowest BCUT2D eigenvalue weighted by atomic mass is 10.1. The highest BCUT2D eigenvalue weighted by molar-refractivity contribution is 7.15. The maximum Gasteiger partial charge on any atom is 0.313 e. The van der Waals surface area contributed by atoms with Crippen LogP contribution >= 0.6 is 11.3 Å². The number of hydrogen-bond acceptors (Lipinski definition) is 5. The Morgan fingerprint density at radius 1 is 1.09 bits per heavy atom. The van der Waals surface area contributed by atoms with Crippen LogP contribution in [-0.4, -0.2) is 33.0 Å². The Hall–Kier alpha value is -3.59. The second-order valence-electron chi connectivity index (χ2n) is 7.57. The number of carbonyl (C=O) groups is 2. The van der Waals surface area contributed by atoms with E-state index < -0.39 is 11.8 Å². The van der Waals surface area contributed by atoms with Gasteiger partial charge in [-0.25, -0.2) is 8.91 Å². The number of carbonyl (C=O) groups excluding carboxylic acids is 2. The van der Waals surface area contributed by atoms with Crippen LogP contribution in [0.5, 0.6) is 0 Å². The first-order chi connectivity index (χ1) is 15.3. The molecule has 0 radical (unpaired) electrons. The van der Waals surface area contributed by atoms with Crippen LogP contribution < -0.4 is 10.6 Å². The summed E-state index contributed by atoms with van der Waals surface area (Å²) in [5.41, 5.74) is 4.70. The van der Waals surface area contributed by atoms with Gasteiger partial charge in [0.1, 0.15) is 5.82 Å². The summed E-state index contributed by atoms with van der Waals surface area (Å²) in [5, 5.41) is 11.6. The number of thiazole rings is 1. The Morgan fingerprint density at radius 2 is 1.81 bits per heavy atom. The van der Waals surface area contributed by atoms with E-state index in [1.807, 2.05) is 38.3 Å².